The van der Waals surface area contributed by atoms with Gasteiger partial charge in [0, 0.05) is 11.8 Å². The molecule has 0 aliphatic heterocycles. The molecule has 1 aromatic carbocycles. The minimum absolute atomic E-state index is 0.185. The minimum atomic E-state index is -3.79. The molecule has 0 aliphatic rings. The number of carboxylic acids is 1. The molecule has 8 heteroatoms. The highest BCUT2D eigenvalue weighted by Gasteiger charge is 2.20. The number of aromatic hydroxyl groups is 1. The Hall–Kier alpha value is -1.25. The fourth-order valence-electron chi connectivity index (χ4n) is 1.47. The van der Waals surface area contributed by atoms with Gasteiger partial charge in [0.1, 0.15) is 11.3 Å². The number of benzene rings is 1. The first kappa shape index (κ1) is 15.8. The summed E-state index contributed by atoms with van der Waals surface area (Å²) in [5, 5.41) is 18.2. The van der Waals surface area contributed by atoms with Crippen LogP contribution >= 0.6 is 11.8 Å². The second-order valence-electron chi connectivity index (χ2n) is 3.96. The molecule has 1 unspecified atom stereocenters. The molecule has 0 saturated heterocycles. The van der Waals surface area contributed by atoms with Crippen LogP contribution in [0.15, 0.2) is 23.1 Å². The van der Waals surface area contributed by atoms with Crippen molar-refractivity contribution in [1.29, 1.82) is 0 Å². The fraction of sp³-hybridized carbons (Fsp3) is 0.364. The maximum Gasteiger partial charge on any atom is 0.339 e. The number of carbonyl (C=O) groups is 1. The predicted octanol–water partition coefficient (Wildman–Crippen LogP) is 1.12. The summed E-state index contributed by atoms with van der Waals surface area (Å²) in [5.74, 6) is -1.25. The van der Waals surface area contributed by atoms with Crippen molar-refractivity contribution in [2.75, 3.05) is 12.0 Å². The van der Waals surface area contributed by atoms with Crippen LogP contribution < -0.4 is 4.72 Å². The van der Waals surface area contributed by atoms with E-state index in [1.165, 1.54) is 11.8 Å². The number of nitrogens with one attached hydrogen (secondary N) is 1. The van der Waals surface area contributed by atoms with Crippen molar-refractivity contribution < 1.29 is 23.4 Å². The zero-order chi connectivity index (χ0) is 14.6. The van der Waals surface area contributed by atoms with Gasteiger partial charge in [-0.25, -0.2) is 17.9 Å². The third-order valence-corrected chi connectivity index (χ3v) is 4.70. The number of thioether (sulfide) groups is 1. The van der Waals surface area contributed by atoms with Crippen molar-refractivity contribution >= 4 is 27.8 Å². The van der Waals surface area contributed by atoms with Crippen LogP contribution in [0.2, 0.25) is 0 Å². The number of rotatable bonds is 6. The van der Waals surface area contributed by atoms with Crippen LogP contribution in [0, 0.1) is 0 Å². The molecule has 0 bridgehead atoms. The summed E-state index contributed by atoms with van der Waals surface area (Å²) in [7, 11) is -3.79. The first-order valence-corrected chi connectivity index (χ1v) is 8.23. The third-order valence-electron chi connectivity index (χ3n) is 2.28. The second-order valence-corrected chi connectivity index (χ2v) is 6.59. The molecule has 0 spiro atoms. The SMILES string of the molecule is CSCC(C)NS(=O)(=O)c1ccc(O)c(C(=O)O)c1. The molecular formula is C11H15NO5S2. The number of hydrogen-bond acceptors (Lipinski definition) is 5. The Morgan fingerprint density at radius 3 is 2.63 bits per heavy atom. The van der Waals surface area contributed by atoms with Crippen molar-refractivity contribution in [2.24, 2.45) is 0 Å². The van der Waals surface area contributed by atoms with Gasteiger partial charge in [0.05, 0.1) is 4.90 Å². The van der Waals surface area contributed by atoms with E-state index < -0.39 is 27.3 Å². The lowest BCUT2D eigenvalue weighted by Gasteiger charge is -2.13. The van der Waals surface area contributed by atoms with Gasteiger partial charge in [0.15, 0.2) is 0 Å². The Kier molecular flexibility index (Phi) is 5.21. The van der Waals surface area contributed by atoms with Crippen LogP contribution in [0.4, 0.5) is 0 Å². The first-order chi connectivity index (χ1) is 8.77. The molecule has 0 fully saturated rings. The van der Waals surface area contributed by atoms with Gasteiger partial charge in [-0.05, 0) is 31.4 Å². The van der Waals surface area contributed by atoms with Gasteiger partial charge < -0.3 is 10.2 Å². The lowest BCUT2D eigenvalue weighted by Crippen LogP contribution is -2.34. The van der Waals surface area contributed by atoms with E-state index in [1.807, 2.05) is 6.26 Å². The van der Waals surface area contributed by atoms with Gasteiger partial charge in [-0.3, -0.25) is 0 Å². The van der Waals surface area contributed by atoms with Crippen LogP contribution in [0.25, 0.3) is 0 Å². The summed E-state index contributed by atoms with van der Waals surface area (Å²) in [6.07, 6.45) is 1.86. The fourth-order valence-corrected chi connectivity index (χ4v) is 3.43. The summed E-state index contributed by atoms with van der Waals surface area (Å²) in [6, 6.07) is 2.88. The van der Waals surface area contributed by atoms with Gasteiger partial charge in [-0.2, -0.15) is 11.8 Å². The van der Waals surface area contributed by atoms with E-state index in [1.54, 1.807) is 6.92 Å². The highest BCUT2D eigenvalue weighted by atomic mass is 32.2. The molecule has 0 heterocycles. The van der Waals surface area contributed by atoms with E-state index in [0.717, 1.165) is 18.2 Å². The Bertz CT molecular complexity index is 570. The van der Waals surface area contributed by atoms with E-state index in [4.69, 9.17) is 5.11 Å². The van der Waals surface area contributed by atoms with E-state index in [2.05, 4.69) is 4.72 Å². The molecule has 0 aromatic heterocycles. The molecule has 0 amide bonds. The number of aromatic carboxylic acids is 1. The van der Waals surface area contributed by atoms with Gasteiger partial charge in [-0.1, -0.05) is 0 Å². The molecule has 0 saturated carbocycles. The van der Waals surface area contributed by atoms with E-state index >= 15 is 0 Å². The van der Waals surface area contributed by atoms with E-state index in [-0.39, 0.29) is 10.9 Å². The van der Waals surface area contributed by atoms with Gasteiger partial charge in [0.25, 0.3) is 0 Å². The van der Waals surface area contributed by atoms with E-state index in [9.17, 15) is 18.3 Å². The average Bonchev–Trinajstić information content (AvgIpc) is 2.28. The zero-order valence-corrected chi connectivity index (χ0v) is 12.1. The summed E-state index contributed by atoms with van der Waals surface area (Å²) in [5.41, 5.74) is -0.444. The molecular weight excluding hydrogens is 290 g/mol. The largest absolute Gasteiger partial charge is 0.507 e. The van der Waals surface area contributed by atoms with Crippen molar-refractivity contribution in [3.05, 3.63) is 23.8 Å². The van der Waals surface area contributed by atoms with Gasteiger partial charge in [-0.15, -0.1) is 0 Å². The van der Waals surface area contributed by atoms with Gasteiger partial charge >= 0.3 is 5.97 Å². The summed E-state index contributed by atoms with van der Waals surface area (Å²) < 4.78 is 26.5. The van der Waals surface area contributed by atoms with Crippen LogP contribution in [0.1, 0.15) is 17.3 Å². The quantitative estimate of drug-likeness (QED) is 0.727. The maximum absolute atomic E-state index is 12.0. The van der Waals surface area contributed by atoms with Crippen molar-refractivity contribution in [3.8, 4) is 5.75 Å². The lowest BCUT2D eigenvalue weighted by molar-refractivity contribution is 0.0693. The normalized spacial score (nSPS) is 13.2. The predicted molar refractivity (Wildman–Crippen MR) is 73.2 cm³/mol. The first-order valence-electron chi connectivity index (χ1n) is 5.35. The smallest absolute Gasteiger partial charge is 0.339 e. The van der Waals surface area contributed by atoms with Crippen LogP contribution in [0.3, 0.4) is 0 Å². The number of carboxylic acid groups (broad SMARTS) is 1. The summed E-state index contributed by atoms with van der Waals surface area (Å²) in [4.78, 5) is 10.7. The Balaban J connectivity index is 3.08. The summed E-state index contributed by atoms with van der Waals surface area (Å²) >= 11 is 1.50. The molecule has 106 valence electrons. The highest BCUT2D eigenvalue weighted by Crippen LogP contribution is 2.21. The van der Waals surface area contributed by atoms with Crippen molar-refractivity contribution in [3.63, 3.8) is 0 Å². The van der Waals surface area contributed by atoms with Crippen LogP contribution in [-0.4, -0.2) is 42.7 Å². The number of phenols is 1. The molecule has 1 aromatic rings. The van der Waals surface area contributed by atoms with Crippen LogP contribution in [-0.2, 0) is 10.0 Å². The average molecular weight is 305 g/mol. The summed E-state index contributed by atoms with van der Waals surface area (Å²) in [6.45, 7) is 1.71. The standard InChI is InChI=1S/C11H15NO5S2/c1-7(6-18-2)12-19(16,17)8-3-4-10(13)9(5-8)11(14)15/h3-5,7,12-13H,6H2,1-2H3,(H,14,15). The lowest BCUT2D eigenvalue weighted by atomic mass is 10.2. The molecule has 1 atom stereocenters. The Labute approximate surface area is 115 Å². The van der Waals surface area contributed by atoms with Gasteiger partial charge in [0.2, 0.25) is 10.0 Å². The monoisotopic (exact) mass is 305 g/mol. The number of hydrogen-bond donors (Lipinski definition) is 3. The topological polar surface area (TPSA) is 104 Å². The Morgan fingerprint density at radius 1 is 1.47 bits per heavy atom. The molecule has 0 radical (unpaired) electrons. The molecule has 19 heavy (non-hydrogen) atoms. The second kappa shape index (κ2) is 6.27. The maximum atomic E-state index is 12.0. The molecule has 3 N–H and O–H groups in total. The molecule has 6 nitrogen and oxygen atoms in total. The Morgan fingerprint density at radius 2 is 2.11 bits per heavy atom. The van der Waals surface area contributed by atoms with Crippen LogP contribution in [0.5, 0.6) is 5.75 Å². The zero-order valence-electron chi connectivity index (χ0n) is 10.5. The molecule has 0 aliphatic carbocycles. The van der Waals surface area contributed by atoms with Crippen molar-refractivity contribution in [1.82, 2.24) is 4.72 Å². The highest BCUT2D eigenvalue weighted by molar-refractivity contribution is 7.98. The third kappa shape index (κ3) is 4.12. The van der Waals surface area contributed by atoms with E-state index in [0.29, 0.717) is 5.75 Å². The minimum Gasteiger partial charge on any atom is -0.507 e. The molecule has 1 rings (SSSR count). The van der Waals surface area contributed by atoms with Crippen molar-refractivity contribution in [2.45, 2.75) is 17.9 Å². The number of sulfonamides is 1.